The van der Waals surface area contributed by atoms with Crippen LogP contribution >= 0.6 is 0 Å². The summed E-state index contributed by atoms with van der Waals surface area (Å²) in [4.78, 5) is 0. The second kappa shape index (κ2) is 11.4. The Morgan fingerprint density at radius 3 is 2.12 bits per heavy atom. The lowest BCUT2D eigenvalue weighted by Gasteiger charge is -2.20. The first-order valence-electron chi connectivity index (χ1n) is 6.71. The second-order valence-corrected chi connectivity index (χ2v) is 4.15. The molecule has 0 aliphatic carbocycles. The van der Waals surface area contributed by atoms with Crippen LogP contribution in [-0.4, -0.2) is 32.1 Å². The fourth-order valence-electron chi connectivity index (χ4n) is 1.64. The van der Waals surface area contributed by atoms with Gasteiger partial charge < -0.3 is 14.8 Å². The standard InChI is InChI=1S/C13H29NO2/c1-5-8-9-10-12(4)14-11-13(15-6-2)16-7-3/h12-14H,5-11H2,1-4H3. The van der Waals surface area contributed by atoms with Crippen LogP contribution in [0.2, 0.25) is 0 Å². The van der Waals surface area contributed by atoms with Gasteiger partial charge in [0, 0.05) is 25.8 Å². The van der Waals surface area contributed by atoms with Gasteiger partial charge in [-0.25, -0.2) is 0 Å². The highest BCUT2D eigenvalue weighted by Crippen LogP contribution is 2.03. The Bertz CT molecular complexity index is 136. The molecule has 0 aliphatic rings. The summed E-state index contributed by atoms with van der Waals surface area (Å²) in [6.45, 7) is 10.7. The third-order valence-electron chi connectivity index (χ3n) is 2.58. The lowest BCUT2D eigenvalue weighted by Crippen LogP contribution is -2.36. The maximum Gasteiger partial charge on any atom is 0.169 e. The molecule has 1 unspecified atom stereocenters. The number of hydrogen-bond acceptors (Lipinski definition) is 3. The van der Waals surface area contributed by atoms with Crippen molar-refractivity contribution in [2.75, 3.05) is 19.8 Å². The third-order valence-corrected chi connectivity index (χ3v) is 2.58. The van der Waals surface area contributed by atoms with Gasteiger partial charge in [0.15, 0.2) is 6.29 Å². The molecule has 0 fully saturated rings. The smallest absolute Gasteiger partial charge is 0.169 e. The maximum atomic E-state index is 5.47. The van der Waals surface area contributed by atoms with Gasteiger partial charge in [-0.15, -0.1) is 0 Å². The number of unbranched alkanes of at least 4 members (excludes halogenated alkanes) is 2. The molecule has 0 aromatic carbocycles. The molecule has 1 atom stereocenters. The Morgan fingerprint density at radius 2 is 1.62 bits per heavy atom. The summed E-state index contributed by atoms with van der Waals surface area (Å²) in [5.41, 5.74) is 0. The summed E-state index contributed by atoms with van der Waals surface area (Å²) in [6.07, 6.45) is 5.06. The van der Waals surface area contributed by atoms with Gasteiger partial charge in [-0.2, -0.15) is 0 Å². The van der Waals surface area contributed by atoms with Crippen LogP contribution in [0.15, 0.2) is 0 Å². The number of nitrogens with one attached hydrogen (secondary N) is 1. The second-order valence-electron chi connectivity index (χ2n) is 4.15. The van der Waals surface area contributed by atoms with Gasteiger partial charge in [0.2, 0.25) is 0 Å². The van der Waals surface area contributed by atoms with Crippen LogP contribution in [0.25, 0.3) is 0 Å². The van der Waals surface area contributed by atoms with Crippen molar-refractivity contribution in [1.29, 1.82) is 0 Å². The van der Waals surface area contributed by atoms with E-state index in [9.17, 15) is 0 Å². The Labute approximate surface area is 101 Å². The molecule has 0 heterocycles. The molecular formula is C13H29NO2. The van der Waals surface area contributed by atoms with Crippen LogP contribution < -0.4 is 5.32 Å². The monoisotopic (exact) mass is 231 g/mol. The Kier molecular flexibility index (Phi) is 11.3. The average Bonchev–Trinajstić information content (AvgIpc) is 2.27. The van der Waals surface area contributed by atoms with Crippen molar-refractivity contribution in [3.63, 3.8) is 0 Å². The van der Waals surface area contributed by atoms with Crippen molar-refractivity contribution >= 4 is 0 Å². The molecule has 0 rings (SSSR count). The molecule has 98 valence electrons. The van der Waals surface area contributed by atoms with Crippen LogP contribution in [0.3, 0.4) is 0 Å². The minimum absolute atomic E-state index is 0.0939. The van der Waals surface area contributed by atoms with Crippen molar-refractivity contribution in [2.24, 2.45) is 0 Å². The molecule has 3 heteroatoms. The van der Waals surface area contributed by atoms with Gasteiger partial charge in [-0.1, -0.05) is 26.2 Å². The lowest BCUT2D eigenvalue weighted by molar-refractivity contribution is -0.133. The summed E-state index contributed by atoms with van der Waals surface area (Å²) >= 11 is 0. The van der Waals surface area contributed by atoms with E-state index in [1.54, 1.807) is 0 Å². The Balaban J connectivity index is 3.56. The summed E-state index contributed by atoms with van der Waals surface area (Å²) in [5.74, 6) is 0. The molecule has 0 spiro atoms. The zero-order valence-corrected chi connectivity index (χ0v) is 11.4. The molecule has 0 radical (unpaired) electrons. The molecule has 0 saturated heterocycles. The van der Waals surface area contributed by atoms with E-state index in [0.29, 0.717) is 19.3 Å². The molecule has 0 aromatic heterocycles. The molecule has 3 nitrogen and oxygen atoms in total. The largest absolute Gasteiger partial charge is 0.352 e. The van der Waals surface area contributed by atoms with Gasteiger partial charge in [-0.05, 0) is 27.2 Å². The van der Waals surface area contributed by atoms with Crippen LogP contribution in [-0.2, 0) is 9.47 Å². The summed E-state index contributed by atoms with van der Waals surface area (Å²) in [5, 5.41) is 3.46. The fraction of sp³-hybridized carbons (Fsp3) is 1.00. The fourth-order valence-corrected chi connectivity index (χ4v) is 1.64. The topological polar surface area (TPSA) is 30.5 Å². The van der Waals surface area contributed by atoms with Gasteiger partial charge in [-0.3, -0.25) is 0 Å². The first-order valence-corrected chi connectivity index (χ1v) is 6.71. The van der Waals surface area contributed by atoms with Crippen LogP contribution in [0, 0.1) is 0 Å². The first kappa shape index (κ1) is 15.9. The van der Waals surface area contributed by atoms with E-state index in [1.807, 2.05) is 13.8 Å². The summed E-state index contributed by atoms with van der Waals surface area (Å²) in [7, 11) is 0. The molecule has 0 aliphatic heterocycles. The maximum absolute atomic E-state index is 5.47. The van der Waals surface area contributed by atoms with E-state index in [-0.39, 0.29) is 6.29 Å². The molecule has 0 amide bonds. The van der Waals surface area contributed by atoms with Crippen LogP contribution in [0.4, 0.5) is 0 Å². The van der Waals surface area contributed by atoms with E-state index in [2.05, 4.69) is 19.2 Å². The highest BCUT2D eigenvalue weighted by atomic mass is 16.7. The van der Waals surface area contributed by atoms with Gasteiger partial charge in [0.1, 0.15) is 0 Å². The van der Waals surface area contributed by atoms with Crippen molar-refractivity contribution in [1.82, 2.24) is 5.32 Å². The number of rotatable bonds is 11. The summed E-state index contributed by atoms with van der Waals surface area (Å²) in [6, 6.07) is 0.551. The quantitative estimate of drug-likeness (QED) is 0.438. The van der Waals surface area contributed by atoms with Crippen molar-refractivity contribution in [2.45, 2.75) is 65.7 Å². The van der Waals surface area contributed by atoms with E-state index < -0.39 is 0 Å². The van der Waals surface area contributed by atoms with E-state index in [4.69, 9.17) is 9.47 Å². The zero-order valence-electron chi connectivity index (χ0n) is 11.4. The van der Waals surface area contributed by atoms with Crippen molar-refractivity contribution in [3.05, 3.63) is 0 Å². The summed E-state index contributed by atoms with van der Waals surface area (Å²) < 4.78 is 10.9. The zero-order chi connectivity index (χ0) is 12.2. The SMILES string of the molecule is CCCCCC(C)NCC(OCC)OCC. The average molecular weight is 231 g/mol. The van der Waals surface area contributed by atoms with Gasteiger partial charge in [0.25, 0.3) is 0 Å². The first-order chi connectivity index (χ1) is 7.74. The predicted molar refractivity (Wildman–Crippen MR) is 68.6 cm³/mol. The number of ether oxygens (including phenoxy) is 2. The van der Waals surface area contributed by atoms with Gasteiger partial charge in [0.05, 0.1) is 0 Å². The van der Waals surface area contributed by atoms with Crippen molar-refractivity contribution < 1.29 is 9.47 Å². The minimum Gasteiger partial charge on any atom is -0.352 e. The van der Waals surface area contributed by atoms with Crippen LogP contribution in [0.1, 0.15) is 53.4 Å². The molecule has 0 aromatic rings. The molecule has 1 N–H and O–H groups in total. The highest BCUT2D eigenvalue weighted by Gasteiger charge is 2.09. The minimum atomic E-state index is -0.0939. The lowest BCUT2D eigenvalue weighted by atomic mass is 10.1. The predicted octanol–water partition coefficient (Wildman–Crippen LogP) is 2.94. The number of hydrogen-bond donors (Lipinski definition) is 1. The normalized spacial score (nSPS) is 13.3. The third kappa shape index (κ3) is 9.13. The van der Waals surface area contributed by atoms with E-state index in [1.165, 1.54) is 25.7 Å². The Morgan fingerprint density at radius 1 is 1.00 bits per heavy atom. The van der Waals surface area contributed by atoms with E-state index in [0.717, 1.165) is 6.54 Å². The molecule has 0 bridgehead atoms. The highest BCUT2D eigenvalue weighted by molar-refractivity contribution is 4.62. The van der Waals surface area contributed by atoms with E-state index >= 15 is 0 Å². The Hall–Kier alpha value is -0.120. The molecule has 16 heavy (non-hydrogen) atoms. The van der Waals surface area contributed by atoms with Crippen molar-refractivity contribution in [3.8, 4) is 0 Å². The van der Waals surface area contributed by atoms with Crippen LogP contribution in [0.5, 0.6) is 0 Å². The molecule has 0 saturated carbocycles. The van der Waals surface area contributed by atoms with Gasteiger partial charge >= 0.3 is 0 Å². The molecular weight excluding hydrogens is 202 g/mol.